The van der Waals surface area contributed by atoms with Gasteiger partial charge in [-0.3, -0.25) is 4.79 Å². The summed E-state index contributed by atoms with van der Waals surface area (Å²) in [6.45, 7) is 6.75. The van der Waals surface area contributed by atoms with Gasteiger partial charge in [0.2, 0.25) is 11.9 Å². The first-order valence-corrected chi connectivity index (χ1v) is 8.32. The van der Waals surface area contributed by atoms with Crippen LogP contribution < -0.4 is 15.5 Å². The quantitative estimate of drug-likeness (QED) is 0.701. The van der Waals surface area contributed by atoms with Crippen LogP contribution in [0, 0.1) is 20.8 Å². The molecule has 8 nitrogen and oxygen atoms in total. The van der Waals surface area contributed by atoms with E-state index in [0.29, 0.717) is 31.9 Å². The molecule has 2 aromatic heterocycles. The highest BCUT2D eigenvalue weighted by Crippen LogP contribution is 2.14. The summed E-state index contributed by atoms with van der Waals surface area (Å²) in [5, 5.41) is 9.92. The Morgan fingerprint density at radius 1 is 1.20 bits per heavy atom. The summed E-state index contributed by atoms with van der Waals surface area (Å²) in [6, 6.07) is 1.92. The largest absolute Gasteiger partial charge is 0.363 e. The third-order valence-electron chi connectivity index (χ3n) is 3.81. The van der Waals surface area contributed by atoms with Crippen LogP contribution in [-0.4, -0.2) is 48.2 Å². The third-order valence-corrected chi connectivity index (χ3v) is 3.81. The molecular formula is C17H26N6O2. The Morgan fingerprint density at radius 3 is 2.60 bits per heavy atom. The van der Waals surface area contributed by atoms with E-state index in [1.54, 1.807) is 0 Å². The Labute approximate surface area is 148 Å². The molecule has 0 aromatic carbocycles. The molecule has 0 saturated heterocycles. The van der Waals surface area contributed by atoms with Crippen molar-refractivity contribution in [2.45, 2.75) is 33.6 Å². The van der Waals surface area contributed by atoms with E-state index in [-0.39, 0.29) is 5.91 Å². The summed E-state index contributed by atoms with van der Waals surface area (Å²) in [5.74, 6) is 2.19. The average Bonchev–Trinajstić information content (AvgIpc) is 2.87. The first-order chi connectivity index (χ1) is 11.9. The summed E-state index contributed by atoms with van der Waals surface area (Å²) < 4.78 is 5.10. The van der Waals surface area contributed by atoms with E-state index < -0.39 is 0 Å². The molecular weight excluding hydrogens is 320 g/mol. The second-order valence-corrected chi connectivity index (χ2v) is 6.17. The van der Waals surface area contributed by atoms with E-state index in [1.807, 2.05) is 45.8 Å². The number of carbonyl (C=O) groups is 1. The zero-order valence-corrected chi connectivity index (χ0v) is 15.5. The van der Waals surface area contributed by atoms with Crippen molar-refractivity contribution in [1.29, 1.82) is 0 Å². The van der Waals surface area contributed by atoms with Gasteiger partial charge >= 0.3 is 0 Å². The minimum absolute atomic E-state index is 0.000871. The summed E-state index contributed by atoms with van der Waals surface area (Å²) in [7, 11) is 3.87. The Bertz CT molecular complexity index is 706. The van der Waals surface area contributed by atoms with Gasteiger partial charge in [-0.25, -0.2) is 4.98 Å². The molecule has 8 heteroatoms. The molecule has 0 spiro atoms. The predicted molar refractivity (Wildman–Crippen MR) is 96.9 cm³/mol. The van der Waals surface area contributed by atoms with Crippen molar-refractivity contribution in [2.75, 3.05) is 37.4 Å². The van der Waals surface area contributed by atoms with Crippen molar-refractivity contribution in [3.63, 3.8) is 0 Å². The number of nitrogens with one attached hydrogen (secondary N) is 2. The molecule has 0 bridgehead atoms. The van der Waals surface area contributed by atoms with Crippen molar-refractivity contribution in [1.82, 2.24) is 20.4 Å². The second kappa shape index (κ2) is 8.46. The van der Waals surface area contributed by atoms with Gasteiger partial charge < -0.3 is 20.1 Å². The van der Waals surface area contributed by atoms with Crippen molar-refractivity contribution < 1.29 is 9.32 Å². The highest BCUT2D eigenvalue weighted by atomic mass is 16.5. The van der Waals surface area contributed by atoms with E-state index in [1.165, 1.54) is 0 Å². The summed E-state index contributed by atoms with van der Waals surface area (Å²) in [6.07, 6.45) is 1.04. The minimum atomic E-state index is 0.000871. The van der Waals surface area contributed by atoms with Crippen LogP contribution in [0.5, 0.6) is 0 Å². The van der Waals surface area contributed by atoms with Crippen LogP contribution in [0.2, 0.25) is 0 Å². The summed E-state index contributed by atoms with van der Waals surface area (Å²) in [4.78, 5) is 22.6. The lowest BCUT2D eigenvalue weighted by atomic mass is 10.1. The number of aromatic nitrogens is 3. The Hall–Kier alpha value is -2.64. The Morgan fingerprint density at radius 2 is 1.96 bits per heavy atom. The molecule has 0 aliphatic carbocycles. The maximum absolute atomic E-state index is 11.9. The number of rotatable bonds is 8. The first kappa shape index (κ1) is 18.7. The van der Waals surface area contributed by atoms with E-state index >= 15 is 0 Å². The summed E-state index contributed by atoms with van der Waals surface area (Å²) in [5.41, 5.74) is 2.75. The fraction of sp³-hybridized carbons (Fsp3) is 0.529. The van der Waals surface area contributed by atoms with E-state index in [9.17, 15) is 4.79 Å². The molecule has 1 amide bonds. The molecule has 2 aromatic rings. The van der Waals surface area contributed by atoms with Gasteiger partial charge in [-0.2, -0.15) is 4.98 Å². The lowest BCUT2D eigenvalue weighted by Crippen LogP contribution is -2.29. The van der Waals surface area contributed by atoms with Gasteiger partial charge in [0, 0.05) is 50.9 Å². The number of hydrogen-bond acceptors (Lipinski definition) is 7. The maximum atomic E-state index is 11.9. The summed E-state index contributed by atoms with van der Waals surface area (Å²) >= 11 is 0. The normalized spacial score (nSPS) is 10.6. The number of nitrogens with zero attached hydrogens (tertiary/aromatic N) is 4. The van der Waals surface area contributed by atoms with Crippen molar-refractivity contribution in [2.24, 2.45) is 0 Å². The number of carbonyl (C=O) groups excluding carboxylic acids is 1. The molecule has 0 aliphatic rings. The first-order valence-electron chi connectivity index (χ1n) is 8.32. The van der Waals surface area contributed by atoms with Gasteiger partial charge in [0.25, 0.3) is 0 Å². The van der Waals surface area contributed by atoms with E-state index in [0.717, 1.165) is 28.5 Å². The number of aryl methyl sites for hydroxylation is 3. The highest BCUT2D eigenvalue weighted by molar-refractivity contribution is 5.76. The topological polar surface area (TPSA) is 96.2 Å². The average molecular weight is 346 g/mol. The van der Waals surface area contributed by atoms with Crippen LogP contribution in [-0.2, 0) is 11.2 Å². The molecule has 2 rings (SSSR count). The van der Waals surface area contributed by atoms with Gasteiger partial charge in [-0.05, 0) is 27.2 Å². The number of anilines is 2. The Balaban J connectivity index is 1.73. The fourth-order valence-corrected chi connectivity index (χ4v) is 2.42. The second-order valence-electron chi connectivity index (χ2n) is 6.17. The van der Waals surface area contributed by atoms with Gasteiger partial charge in [-0.15, -0.1) is 0 Å². The SMILES string of the molecule is Cc1cc(N(C)C)nc(NCCNC(=O)CCc2c(C)noc2C)n1. The molecule has 0 fully saturated rings. The van der Waals surface area contributed by atoms with Gasteiger partial charge in [-0.1, -0.05) is 5.16 Å². The van der Waals surface area contributed by atoms with E-state index in [4.69, 9.17) is 4.52 Å². The van der Waals surface area contributed by atoms with Crippen LogP contribution in [0.25, 0.3) is 0 Å². The van der Waals surface area contributed by atoms with Gasteiger partial charge in [0.1, 0.15) is 11.6 Å². The third kappa shape index (κ3) is 5.44. The standard InChI is InChI=1S/C17H26N6O2/c1-11-10-15(23(4)5)21-17(20-11)19-9-8-18-16(24)7-6-14-12(2)22-25-13(14)3/h10H,6-9H2,1-5H3,(H,18,24)(H,19,20,21). The van der Waals surface area contributed by atoms with Gasteiger partial charge in [0.15, 0.2) is 0 Å². The van der Waals surface area contributed by atoms with Crippen molar-refractivity contribution in [3.8, 4) is 0 Å². The molecule has 25 heavy (non-hydrogen) atoms. The van der Waals surface area contributed by atoms with Crippen LogP contribution in [0.15, 0.2) is 10.6 Å². The number of amides is 1. The lowest BCUT2D eigenvalue weighted by Gasteiger charge is -2.14. The zero-order chi connectivity index (χ0) is 18.4. The molecule has 0 radical (unpaired) electrons. The lowest BCUT2D eigenvalue weighted by molar-refractivity contribution is -0.120. The molecule has 136 valence electrons. The van der Waals surface area contributed by atoms with Crippen LogP contribution in [0.3, 0.4) is 0 Å². The molecule has 0 unspecified atom stereocenters. The molecule has 2 heterocycles. The van der Waals surface area contributed by atoms with Crippen LogP contribution in [0.1, 0.15) is 29.1 Å². The highest BCUT2D eigenvalue weighted by Gasteiger charge is 2.11. The monoisotopic (exact) mass is 346 g/mol. The molecule has 0 saturated carbocycles. The molecule has 0 aliphatic heterocycles. The van der Waals surface area contributed by atoms with Crippen molar-refractivity contribution in [3.05, 3.63) is 28.8 Å². The van der Waals surface area contributed by atoms with Crippen LogP contribution in [0.4, 0.5) is 11.8 Å². The molecule has 0 atom stereocenters. The fourth-order valence-electron chi connectivity index (χ4n) is 2.42. The van der Waals surface area contributed by atoms with E-state index in [2.05, 4.69) is 25.8 Å². The van der Waals surface area contributed by atoms with Crippen molar-refractivity contribution >= 4 is 17.7 Å². The van der Waals surface area contributed by atoms with Gasteiger partial charge in [0.05, 0.1) is 5.69 Å². The maximum Gasteiger partial charge on any atom is 0.224 e. The smallest absolute Gasteiger partial charge is 0.224 e. The van der Waals surface area contributed by atoms with Crippen LogP contribution >= 0.6 is 0 Å². The zero-order valence-electron chi connectivity index (χ0n) is 15.5. The molecule has 2 N–H and O–H groups in total. The number of hydrogen-bond donors (Lipinski definition) is 2. The minimum Gasteiger partial charge on any atom is -0.363 e. The Kier molecular flexibility index (Phi) is 6.32. The predicted octanol–water partition coefficient (Wildman–Crippen LogP) is 1.62.